The number of nitrogens with zero attached hydrogens (tertiary/aromatic N) is 1. The molecule has 1 aromatic carbocycles. The molecule has 2 rings (SSSR count). The molecule has 1 saturated heterocycles. The second-order valence-corrected chi connectivity index (χ2v) is 5.39. The molecule has 1 aliphatic heterocycles. The SMILES string of the molecule is Cc1ccc(CNC(=O)CN2CCC(CN)C2)cc1.Cl. The van der Waals surface area contributed by atoms with Crippen LogP contribution >= 0.6 is 12.4 Å². The Hall–Kier alpha value is -1.10. The maximum absolute atomic E-state index is 11.9. The van der Waals surface area contributed by atoms with Crippen molar-refractivity contribution in [2.75, 3.05) is 26.2 Å². The maximum Gasteiger partial charge on any atom is 0.234 e. The number of carbonyl (C=O) groups excluding carboxylic acids is 1. The van der Waals surface area contributed by atoms with Crippen molar-refractivity contribution in [3.05, 3.63) is 35.4 Å². The third-order valence-corrected chi connectivity index (χ3v) is 3.68. The van der Waals surface area contributed by atoms with E-state index >= 15 is 0 Å². The first-order valence-corrected chi connectivity index (χ1v) is 6.92. The lowest BCUT2D eigenvalue weighted by Crippen LogP contribution is -2.36. The smallest absolute Gasteiger partial charge is 0.234 e. The first kappa shape index (κ1) is 17.0. The summed E-state index contributed by atoms with van der Waals surface area (Å²) in [6.07, 6.45) is 1.11. The number of aryl methyl sites for hydroxylation is 1. The molecule has 1 unspecified atom stereocenters. The quantitative estimate of drug-likeness (QED) is 0.862. The average molecular weight is 298 g/mol. The summed E-state index contributed by atoms with van der Waals surface area (Å²) in [5, 5.41) is 2.97. The number of hydrogen-bond donors (Lipinski definition) is 2. The van der Waals surface area contributed by atoms with Crippen LogP contribution < -0.4 is 11.1 Å². The molecule has 0 aliphatic carbocycles. The Bertz CT molecular complexity index is 422. The minimum atomic E-state index is 0. The van der Waals surface area contributed by atoms with Gasteiger partial charge in [-0.15, -0.1) is 12.4 Å². The number of nitrogens with one attached hydrogen (secondary N) is 1. The molecule has 1 aromatic rings. The molecular formula is C15H24ClN3O. The highest BCUT2D eigenvalue weighted by Crippen LogP contribution is 2.13. The number of benzene rings is 1. The largest absolute Gasteiger partial charge is 0.351 e. The summed E-state index contributed by atoms with van der Waals surface area (Å²) in [6, 6.07) is 8.23. The number of likely N-dealkylation sites (tertiary alicyclic amines) is 1. The zero-order chi connectivity index (χ0) is 13.7. The van der Waals surface area contributed by atoms with E-state index < -0.39 is 0 Å². The summed E-state index contributed by atoms with van der Waals surface area (Å²) in [4.78, 5) is 14.0. The lowest BCUT2D eigenvalue weighted by Gasteiger charge is -2.15. The van der Waals surface area contributed by atoms with Crippen LogP contribution in [0.5, 0.6) is 0 Å². The predicted molar refractivity (Wildman–Crippen MR) is 83.9 cm³/mol. The molecule has 0 radical (unpaired) electrons. The van der Waals surface area contributed by atoms with Gasteiger partial charge in [0.2, 0.25) is 5.91 Å². The van der Waals surface area contributed by atoms with Gasteiger partial charge in [0.1, 0.15) is 0 Å². The molecule has 5 heteroatoms. The van der Waals surface area contributed by atoms with Gasteiger partial charge in [-0.05, 0) is 37.9 Å². The number of rotatable bonds is 5. The Balaban J connectivity index is 0.00000200. The zero-order valence-corrected chi connectivity index (χ0v) is 12.8. The Kier molecular flexibility index (Phi) is 6.99. The van der Waals surface area contributed by atoms with Crippen LogP contribution in [0.1, 0.15) is 17.5 Å². The minimum Gasteiger partial charge on any atom is -0.351 e. The summed E-state index contributed by atoms with van der Waals surface area (Å²) in [5.41, 5.74) is 8.02. The van der Waals surface area contributed by atoms with Gasteiger partial charge in [-0.3, -0.25) is 9.69 Å². The molecule has 0 saturated carbocycles. The Labute approximate surface area is 127 Å². The van der Waals surface area contributed by atoms with E-state index in [-0.39, 0.29) is 18.3 Å². The van der Waals surface area contributed by atoms with Crippen molar-refractivity contribution in [3.8, 4) is 0 Å². The van der Waals surface area contributed by atoms with Gasteiger partial charge in [0.25, 0.3) is 0 Å². The van der Waals surface area contributed by atoms with E-state index in [1.807, 2.05) is 0 Å². The standard InChI is InChI=1S/C15H23N3O.ClH/c1-12-2-4-13(5-3-12)9-17-15(19)11-18-7-6-14(8-16)10-18;/h2-5,14H,6-11,16H2,1H3,(H,17,19);1H. The molecule has 0 aromatic heterocycles. The van der Waals surface area contributed by atoms with Crippen molar-refractivity contribution in [1.29, 1.82) is 0 Å². The van der Waals surface area contributed by atoms with Crippen LogP contribution in [0.3, 0.4) is 0 Å². The normalized spacial score (nSPS) is 18.6. The molecule has 1 fully saturated rings. The third kappa shape index (κ3) is 5.12. The zero-order valence-electron chi connectivity index (χ0n) is 12.0. The summed E-state index contributed by atoms with van der Waals surface area (Å²) < 4.78 is 0. The Morgan fingerprint density at radius 1 is 1.40 bits per heavy atom. The molecule has 0 spiro atoms. The predicted octanol–water partition coefficient (Wildman–Crippen LogP) is 1.31. The second-order valence-electron chi connectivity index (χ2n) is 5.39. The molecule has 1 heterocycles. The van der Waals surface area contributed by atoms with Gasteiger partial charge in [-0.1, -0.05) is 29.8 Å². The van der Waals surface area contributed by atoms with Crippen molar-refractivity contribution in [1.82, 2.24) is 10.2 Å². The van der Waals surface area contributed by atoms with Crippen molar-refractivity contribution in [3.63, 3.8) is 0 Å². The molecule has 1 amide bonds. The van der Waals surface area contributed by atoms with Gasteiger partial charge in [0.15, 0.2) is 0 Å². The molecule has 1 aliphatic rings. The van der Waals surface area contributed by atoms with E-state index in [0.29, 0.717) is 19.0 Å². The second kappa shape index (κ2) is 8.25. The van der Waals surface area contributed by atoms with Gasteiger partial charge in [0, 0.05) is 13.1 Å². The first-order chi connectivity index (χ1) is 9.17. The number of nitrogens with two attached hydrogens (primary N) is 1. The number of amides is 1. The van der Waals surface area contributed by atoms with E-state index in [0.717, 1.165) is 31.6 Å². The van der Waals surface area contributed by atoms with Gasteiger partial charge >= 0.3 is 0 Å². The Morgan fingerprint density at radius 3 is 2.70 bits per heavy atom. The summed E-state index contributed by atoms with van der Waals surface area (Å²) in [6.45, 7) is 5.81. The van der Waals surface area contributed by atoms with Gasteiger partial charge in [0.05, 0.1) is 6.54 Å². The van der Waals surface area contributed by atoms with Crippen LogP contribution in [0, 0.1) is 12.8 Å². The van der Waals surface area contributed by atoms with E-state index in [1.54, 1.807) is 0 Å². The first-order valence-electron chi connectivity index (χ1n) is 6.92. The highest BCUT2D eigenvalue weighted by molar-refractivity contribution is 5.85. The fraction of sp³-hybridized carbons (Fsp3) is 0.533. The van der Waals surface area contributed by atoms with E-state index in [1.165, 1.54) is 5.56 Å². The third-order valence-electron chi connectivity index (χ3n) is 3.68. The lowest BCUT2D eigenvalue weighted by molar-refractivity contribution is -0.122. The van der Waals surface area contributed by atoms with E-state index in [4.69, 9.17) is 5.73 Å². The van der Waals surface area contributed by atoms with Gasteiger partial charge in [-0.25, -0.2) is 0 Å². The number of hydrogen-bond acceptors (Lipinski definition) is 3. The average Bonchev–Trinajstić information content (AvgIpc) is 2.86. The molecule has 112 valence electrons. The lowest BCUT2D eigenvalue weighted by atomic mass is 10.1. The molecule has 20 heavy (non-hydrogen) atoms. The van der Waals surface area contributed by atoms with Crippen LogP contribution in [0.25, 0.3) is 0 Å². The molecule has 0 bridgehead atoms. The van der Waals surface area contributed by atoms with Crippen LogP contribution in [0.15, 0.2) is 24.3 Å². The fourth-order valence-corrected chi connectivity index (χ4v) is 2.41. The molecule has 1 atom stereocenters. The van der Waals surface area contributed by atoms with E-state index in [9.17, 15) is 4.79 Å². The topological polar surface area (TPSA) is 58.4 Å². The monoisotopic (exact) mass is 297 g/mol. The number of halogens is 1. The van der Waals surface area contributed by atoms with Crippen LogP contribution in [0.4, 0.5) is 0 Å². The van der Waals surface area contributed by atoms with Crippen molar-refractivity contribution >= 4 is 18.3 Å². The molecular weight excluding hydrogens is 274 g/mol. The van der Waals surface area contributed by atoms with Crippen LogP contribution in [-0.2, 0) is 11.3 Å². The summed E-state index contributed by atoms with van der Waals surface area (Å²) in [7, 11) is 0. The minimum absolute atomic E-state index is 0. The fourth-order valence-electron chi connectivity index (χ4n) is 2.41. The highest BCUT2D eigenvalue weighted by atomic mass is 35.5. The van der Waals surface area contributed by atoms with Crippen molar-refractivity contribution in [2.24, 2.45) is 11.7 Å². The van der Waals surface area contributed by atoms with Crippen molar-refractivity contribution in [2.45, 2.75) is 19.9 Å². The van der Waals surface area contributed by atoms with Crippen LogP contribution in [-0.4, -0.2) is 37.0 Å². The number of carbonyl (C=O) groups is 1. The van der Waals surface area contributed by atoms with Crippen LogP contribution in [0.2, 0.25) is 0 Å². The van der Waals surface area contributed by atoms with Crippen molar-refractivity contribution < 1.29 is 4.79 Å². The summed E-state index contributed by atoms with van der Waals surface area (Å²) in [5.74, 6) is 0.656. The van der Waals surface area contributed by atoms with Gasteiger partial charge in [-0.2, -0.15) is 0 Å². The highest BCUT2D eigenvalue weighted by Gasteiger charge is 2.22. The molecule has 3 N–H and O–H groups in total. The molecule has 4 nitrogen and oxygen atoms in total. The summed E-state index contributed by atoms with van der Waals surface area (Å²) >= 11 is 0. The Morgan fingerprint density at radius 2 is 2.10 bits per heavy atom. The van der Waals surface area contributed by atoms with E-state index in [2.05, 4.69) is 41.4 Å². The van der Waals surface area contributed by atoms with Gasteiger partial charge < -0.3 is 11.1 Å². The maximum atomic E-state index is 11.9.